The first-order valence-corrected chi connectivity index (χ1v) is 9.62. The van der Waals surface area contributed by atoms with Crippen LogP contribution >= 0.6 is 0 Å². The van der Waals surface area contributed by atoms with E-state index in [0.717, 1.165) is 24.6 Å². The summed E-state index contributed by atoms with van der Waals surface area (Å²) in [4.78, 5) is 18.5. The normalized spacial score (nSPS) is 20.7. The third-order valence-electron chi connectivity index (χ3n) is 4.33. The predicted molar refractivity (Wildman–Crippen MR) is 105 cm³/mol. The molecule has 1 heterocycles. The first-order chi connectivity index (χ1) is 12.9. The maximum atomic E-state index is 13.2. The summed E-state index contributed by atoms with van der Waals surface area (Å²) in [6.07, 6.45) is -0.114. The predicted octanol–water partition coefficient (Wildman–Crippen LogP) is 2.33. The molecule has 2 atom stereocenters. The molecule has 1 aromatic rings. The Morgan fingerprint density at radius 2 is 2.00 bits per heavy atom. The van der Waals surface area contributed by atoms with Crippen LogP contribution in [0.4, 0.5) is 4.39 Å². The highest BCUT2D eigenvalue weighted by Gasteiger charge is 2.28. The monoisotopic (exact) mass is 378 g/mol. The zero-order chi connectivity index (χ0) is 19.8. The number of amides is 1. The van der Waals surface area contributed by atoms with E-state index >= 15 is 0 Å². The summed E-state index contributed by atoms with van der Waals surface area (Å²) in [5.41, 5.74) is 0.952. The lowest BCUT2D eigenvalue weighted by Gasteiger charge is -2.38. The molecule has 2 N–H and O–H groups in total. The maximum absolute atomic E-state index is 13.2. The average Bonchev–Trinajstić information content (AvgIpc) is 2.64. The van der Waals surface area contributed by atoms with E-state index < -0.39 is 0 Å². The van der Waals surface area contributed by atoms with Gasteiger partial charge >= 0.3 is 0 Å². The first-order valence-electron chi connectivity index (χ1n) is 9.62. The molecule has 0 saturated carbocycles. The van der Waals surface area contributed by atoms with E-state index in [2.05, 4.69) is 20.5 Å². The van der Waals surface area contributed by atoms with Gasteiger partial charge < -0.3 is 20.3 Å². The quantitative estimate of drug-likeness (QED) is 0.453. The number of ether oxygens (including phenoxy) is 1. The highest BCUT2D eigenvalue weighted by Crippen LogP contribution is 2.25. The molecule has 0 aromatic heterocycles. The number of morpholine rings is 1. The molecule has 27 heavy (non-hydrogen) atoms. The third-order valence-corrected chi connectivity index (χ3v) is 4.33. The van der Waals surface area contributed by atoms with Crippen molar-refractivity contribution in [3.05, 3.63) is 35.6 Å². The summed E-state index contributed by atoms with van der Waals surface area (Å²) >= 11 is 0. The van der Waals surface area contributed by atoms with Gasteiger partial charge in [0.1, 0.15) is 11.9 Å². The Kier molecular flexibility index (Phi) is 8.03. The van der Waals surface area contributed by atoms with E-state index in [1.807, 2.05) is 27.7 Å². The fraction of sp³-hybridized carbons (Fsp3) is 0.600. The largest absolute Gasteiger partial charge is 0.367 e. The Labute approximate surface area is 161 Å². The molecule has 150 valence electrons. The zero-order valence-electron chi connectivity index (χ0n) is 16.7. The molecular weight excluding hydrogens is 347 g/mol. The van der Waals surface area contributed by atoms with E-state index in [9.17, 15) is 9.18 Å². The van der Waals surface area contributed by atoms with Gasteiger partial charge in [0.25, 0.3) is 0 Å². The van der Waals surface area contributed by atoms with Gasteiger partial charge in [0.2, 0.25) is 5.91 Å². The first kappa shape index (κ1) is 21.2. The third kappa shape index (κ3) is 6.50. The summed E-state index contributed by atoms with van der Waals surface area (Å²) in [5.74, 6) is 0.557. The molecule has 0 aliphatic carbocycles. The summed E-state index contributed by atoms with van der Waals surface area (Å²) in [7, 11) is 0. The fourth-order valence-electron chi connectivity index (χ4n) is 2.96. The number of nitrogens with zero attached hydrogens (tertiary/aromatic N) is 2. The minimum atomic E-state index is -0.252. The van der Waals surface area contributed by atoms with Crippen molar-refractivity contribution in [2.75, 3.05) is 32.7 Å². The Bertz CT molecular complexity index is 633. The molecule has 0 radical (unpaired) electrons. The molecular formula is C20H31FN4O2. The van der Waals surface area contributed by atoms with E-state index in [4.69, 9.17) is 4.74 Å². The van der Waals surface area contributed by atoms with Crippen molar-refractivity contribution < 1.29 is 13.9 Å². The molecule has 1 saturated heterocycles. The van der Waals surface area contributed by atoms with Crippen molar-refractivity contribution in [3.63, 3.8) is 0 Å². The van der Waals surface area contributed by atoms with Crippen molar-refractivity contribution in [3.8, 4) is 0 Å². The summed E-state index contributed by atoms with van der Waals surface area (Å²) in [6, 6.07) is 6.45. The number of carbonyl (C=O) groups excluding carboxylic acids is 1. The second-order valence-electron chi connectivity index (χ2n) is 7.07. The van der Waals surface area contributed by atoms with E-state index in [-0.39, 0.29) is 29.9 Å². The van der Waals surface area contributed by atoms with Gasteiger partial charge in [-0.25, -0.2) is 4.39 Å². The molecule has 1 aliphatic rings. The van der Waals surface area contributed by atoms with Gasteiger partial charge in [-0.1, -0.05) is 26.0 Å². The molecule has 6 nitrogen and oxygen atoms in total. The molecule has 1 fully saturated rings. The molecule has 0 bridgehead atoms. The minimum Gasteiger partial charge on any atom is -0.367 e. The molecule has 1 aliphatic heterocycles. The van der Waals surface area contributed by atoms with Crippen LogP contribution in [-0.4, -0.2) is 55.6 Å². The number of halogens is 1. The number of nitrogens with one attached hydrogen (secondary N) is 2. The van der Waals surface area contributed by atoms with Crippen LogP contribution in [0.15, 0.2) is 29.3 Å². The second kappa shape index (κ2) is 10.3. The van der Waals surface area contributed by atoms with Crippen molar-refractivity contribution in [2.24, 2.45) is 10.9 Å². The highest BCUT2D eigenvalue weighted by molar-refractivity contribution is 5.80. The van der Waals surface area contributed by atoms with Gasteiger partial charge in [0.05, 0.1) is 19.2 Å². The van der Waals surface area contributed by atoms with Gasteiger partial charge in [0, 0.05) is 25.6 Å². The van der Waals surface area contributed by atoms with Crippen LogP contribution in [0, 0.1) is 11.7 Å². The van der Waals surface area contributed by atoms with Gasteiger partial charge in [0.15, 0.2) is 5.96 Å². The number of guanidine groups is 1. The van der Waals surface area contributed by atoms with Crippen LogP contribution in [0.1, 0.15) is 39.4 Å². The van der Waals surface area contributed by atoms with Crippen LogP contribution in [0.3, 0.4) is 0 Å². The van der Waals surface area contributed by atoms with E-state index in [1.165, 1.54) is 12.1 Å². The number of benzene rings is 1. The lowest BCUT2D eigenvalue weighted by Crippen LogP contribution is -2.51. The number of hydrogen-bond acceptors (Lipinski definition) is 3. The van der Waals surface area contributed by atoms with Gasteiger partial charge in [-0.3, -0.25) is 9.79 Å². The van der Waals surface area contributed by atoms with Gasteiger partial charge in [-0.2, -0.15) is 0 Å². The van der Waals surface area contributed by atoms with Crippen molar-refractivity contribution >= 4 is 11.9 Å². The zero-order valence-corrected chi connectivity index (χ0v) is 16.7. The molecule has 2 unspecified atom stereocenters. The average molecular weight is 378 g/mol. The van der Waals surface area contributed by atoms with Gasteiger partial charge in [-0.05, 0) is 31.5 Å². The Balaban J connectivity index is 2.02. The smallest absolute Gasteiger partial charge is 0.222 e. The number of aliphatic imine (C=N–C) groups is 1. The van der Waals surface area contributed by atoms with Crippen molar-refractivity contribution in [1.29, 1.82) is 0 Å². The standard InChI is InChI=1S/C20H31FN4O2/c1-5-22-20(24-11-10-23-19(26)14(2)3)25-12-15(4)27-18(13-25)16-6-8-17(21)9-7-16/h6-9,14-15,18H,5,10-13H2,1-4H3,(H,22,24)(H,23,26). The minimum absolute atomic E-state index is 0.0262. The summed E-state index contributed by atoms with van der Waals surface area (Å²) in [6.45, 7) is 10.9. The Hall–Kier alpha value is -2.15. The van der Waals surface area contributed by atoms with E-state index in [1.54, 1.807) is 12.1 Å². The number of carbonyl (C=O) groups is 1. The van der Waals surface area contributed by atoms with Crippen molar-refractivity contribution in [1.82, 2.24) is 15.5 Å². The summed E-state index contributed by atoms with van der Waals surface area (Å²) < 4.78 is 19.3. The molecule has 1 amide bonds. The Morgan fingerprint density at radius 1 is 1.30 bits per heavy atom. The van der Waals surface area contributed by atoms with E-state index in [0.29, 0.717) is 19.6 Å². The van der Waals surface area contributed by atoms with Crippen molar-refractivity contribution in [2.45, 2.75) is 39.9 Å². The molecule has 7 heteroatoms. The van der Waals surface area contributed by atoms with Crippen LogP contribution in [0.5, 0.6) is 0 Å². The van der Waals surface area contributed by atoms with Crippen LogP contribution < -0.4 is 10.6 Å². The molecule has 0 spiro atoms. The van der Waals surface area contributed by atoms with Crippen LogP contribution in [-0.2, 0) is 9.53 Å². The fourth-order valence-corrected chi connectivity index (χ4v) is 2.96. The lowest BCUT2D eigenvalue weighted by molar-refractivity contribution is -0.123. The lowest BCUT2D eigenvalue weighted by atomic mass is 10.1. The van der Waals surface area contributed by atoms with Gasteiger partial charge in [-0.15, -0.1) is 0 Å². The van der Waals surface area contributed by atoms with Crippen LogP contribution in [0.2, 0.25) is 0 Å². The molecule has 2 rings (SSSR count). The van der Waals surface area contributed by atoms with Crippen LogP contribution in [0.25, 0.3) is 0 Å². The number of hydrogen-bond donors (Lipinski definition) is 2. The summed E-state index contributed by atoms with van der Waals surface area (Å²) in [5, 5.41) is 6.19. The SMILES string of the molecule is CCNC(=NCCNC(=O)C(C)C)N1CC(C)OC(c2ccc(F)cc2)C1. The molecule has 1 aromatic carbocycles. The second-order valence-corrected chi connectivity index (χ2v) is 7.07. The topological polar surface area (TPSA) is 66.0 Å². The Morgan fingerprint density at radius 3 is 2.63 bits per heavy atom. The maximum Gasteiger partial charge on any atom is 0.222 e. The highest BCUT2D eigenvalue weighted by atomic mass is 19.1. The number of rotatable bonds is 6.